The molecular weight excluding hydrogens is 264 g/mol. The molecule has 0 saturated carbocycles. The third kappa shape index (κ3) is 4.17. The second-order valence-corrected chi connectivity index (χ2v) is 5.09. The van der Waals surface area contributed by atoms with E-state index in [2.05, 4.69) is 31.2 Å². The minimum atomic E-state index is 0.0337. The van der Waals surface area contributed by atoms with Crippen LogP contribution < -0.4 is 0 Å². The molecule has 2 aromatic rings. The van der Waals surface area contributed by atoms with Gasteiger partial charge in [0.25, 0.3) is 6.47 Å². The Balaban J connectivity index is 2.26. The van der Waals surface area contributed by atoms with Gasteiger partial charge in [0, 0.05) is 0 Å². The summed E-state index contributed by atoms with van der Waals surface area (Å²) in [5, 5.41) is 9.30. The van der Waals surface area contributed by atoms with Crippen LogP contribution in [0.4, 0.5) is 0 Å². The summed E-state index contributed by atoms with van der Waals surface area (Å²) in [5.41, 5.74) is 5.62. The van der Waals surface area contributed by atoms with Crippen molar-refractivity contribution in [3.8, 4) is 11.1 Å². The molecule has 0 aliphatic carbocycles. The molecule has 3 nitrogen and oxygen atoms in total. The van der Waals surface area contributed by atoms with Crippen LogP contribution in [0.15, 0.2) is 42.5 Å². The lowest BCUT2D eigenvalue weighted by atomic mass is 9.94. The maximum atomic E-state index is 10.2. The van der Waals surface area contributed by atoms with Crippen LogP contribution in [0.5, 0.6) is 0 Å². The van der Waals surface area contributed by atoms with E-state index in [-0.39, 0.29) is 6.61 Å². The molecule has 0 bridgehead atoms. The van der Waals surface area contributed by atoms with Gasteiger partial charge in [-0.05, 0) is 42.0 Å². The van der Waals surface area contributed by atoms with E-state index in [9.17, 15) is 9.90 Å². The minimum absolute atomic E-state index is 0.0337. The third-order valence-corrected chi connectivity index (χ3v) is 3.49. The summed E-state index contributed by atoms with van der Waals surface area (Å²) in [6.45, 7) is 2.99. The van der Waals surface area contributed by atoms with Crippen LogP contribution in [0.25, 0.3) is 11.1 Å². The van der Waals surface area contributed by atoms with Crippen LogP contribution in [-0.4, -0.2) is 18.2 Å². The van der Waals surface area contributed by atoms with E-state index in [1.54, 1.807) is 0 Å². The molecule has 0 amide bonds. The van der Waals surface area contributed by atoms with Gasteiger partial charge in [0.1, 0.15) is 0 Å². The molecule has 0 spiro atoms. The van der Waals surface area contributed by atoms with E-state index in [0.29, 0.717) is 13.1 Å². The van der Waals surface area contributed by atoms with E-state index < -0.39 is 0 Å². The molecule has 0 aliphatic rings. The van der Waals surface area contributed by atoms with Crippen molar-refractivity contribution < 1.29 is 14.6 Å². The van der Waals surface area contributed by atoms with Gasteiger partial charge in [0.15, 0.2) is 0 Å². The summed E-state index contributed by atoms with van der Waals surface area (Å²) in [6.07, 6.45) is 1.58. The molecule has 3 heteroatoms. The zero-order chi connectivity index (χ0) is 15.1. The minimum Gasteiger partial charge on any atom is -0.468 e. The fourth-order valence-corrected chi connectivity index (χ4v) is 2.36. The quantitative estimate of drug-likeness (QED) is 0.627. The van der Waals surface area contributed by atoms with Crippen molar-refractivity contribution in [1.82, 2.24) is 0 Å². The van der Waals surface area contributed by atoms with Crippen molar-refractivity contribution in [2.24, 2.45) is 0 Å². The predicted molar refractivity (Wildman–Crippen MR) is 82.9 cm³/mol. The summed E-state index contributed by atoms with van der Waals surface area (Å²) >= 11 is 0. The first-order valence-electron chi connectivity index (χ1n) is 7.09. The second-order valence-electron chi connectivity index (χ2n) is 5.09. The zero-order valence-corrected chi connectivity index (χ0v) is 12.2. The normalized spacial score (nSPS) is 10.4. The van der Waals surface area contributed by atoms with Crippen molar-refractivity contribution >= 4 is 6.47 Å². The van der Waals surface area contributed by atoms with E-state index in [4.69, 9.17) is 4.74 Å². The number of rotatable bonds is 7. The number of benzene rings is 2. The highest BCUT2D eigenvalue weighted by Crippen LogP contribution is 2.26. The van der Waals surface area contributed by atoms with Gasteiger partial charge in [0.2, 0.25) is 0 Å². The number of hydrogen-bond acceptors (Lipinski definition) is 3. The number of aliphatic hydroxyl groups excluding tert-OH is 1. The van der Waals surface area contributed by atoms with Crippen LogP contribution in [-0.2, 0) is 22.6 Å². The lowest BCUT2D eigenvalue weighted by molar-refractivity contribution is -0.128. The number of carbonyl (C=O) groups is 1. The number of ether oxygens (including phenoxy) is 1. The number of aryl methyl sites for hydroxylation is 2. The van der Waals surface area contributed by atoms with Crippen molar-refractivity contribution in [2.75, 3.05) is 6.61 Å². The molecular formula is C18H20O3. The molecule has 1 N–H and O–H groups in total. The molecule has 0 radical (unpaired) electrons. The van der Waals surface area contributed by atoms with Gasteiger partial charge >= 0.3 is 0 Å². The Hall–Kier alpha value is -2.13. The molecule has 0 aliphatic heterocycles. The lowest BCUT2D eigenvalue weighted by Crippen LogP contribution is -1.98. The van der Waals surface area contributed by atoms with Gasteiger partial charge in [-0.1, -0.05) is 48.0 Å². The fraction of sp³-hybridized carbons (Fsp3) is 0.278. The average Bonchev–Trinajstić information content (AvgIpc) is 2.52. The molecule has 110 valence electrons. The Morgan fingerprint density at radius 1 is 1.14 bits per heavy atom. The summed E-state index contributed by atoms with van der Waals surface area (Å²) in [7, 11) is 0. The molecule has 21 heavy (non-hydrogen) atoms. The van der Waals surface area contributed by atoms with Gasteiger partial charge in [-0.2, -0.15) is 0 Å². The van der Waals surface area contributed by atoms with E-state index >= 15 is 0 Å². The smallest absolute Gasteiger partial charge is 0.293 e. The third-order valence-electron chi connectivity index (χ3n) is 3.49. The molecule has 0 atom stereocenters. The monoisotopic (exact) mass is 284 g/mol. The first-order valence-corrected chi connectivity index (χ1v) is 7.09. The van der Waals surface area contributed by atoms with Crippen LogP contribution in [0.1, 0.15) is 23.1 Å². The van der Waals surface area contributed by atoms with Crippen molar-refractivity contribution in [3.05, 3.63) is 59.2 Å². The van der Waals surface area contributed by atoms with Crippen LogP contribution in [0.2, 0.25) is 0 Å². The highest BCUT2D eigenvalue weighted by Gasteiger charge is 2.06. The summed E-state index contributed by atoms with van der Waals surface area (Å²) in [5.74, 6) is 0. The molecule has 0 fully saturated rings. The van der Waals surface area contributed by atoms with Gasteiger partial charge in [-0.25, -0.2) is 0 Å². The number of carbonyl (C=O) groups excluding carboxylic acids is 1. The molecule has 0 saturated heterocycles. The Morgan fingerprint density at radius 3 is 2.57 bits per heavy atom. The van der Waals surface area contributed by atoms with Gasteiger partial charge in [-0.15, -0.1) is 0 Å². The Bertz CT molecular complexity index is 588. The Morgan fingerprint density at radius 2 is 1.90 bits per heavy atom. The summed E-state index contributed by atoms with van der Waals surface area (Å²) in [4.78, 5) is 10.2. The first kappa shape index (κ1) is 15.3. The van der Waals surface area contributed by atoms with Crippen molar-refractivity contribution in [3.63, 3.8) is 0 Å². The molecule has 0 heterocycles. The highest BCUT2D eigenvalue weighted by molar-refractivity contribution is 5.68. The topological polar surface area (TPSA) is 46.5 Å². The zero-order valence-electron chi connectivity index (χ0n) is 12.2. The SMILES string of the molecule is Cc1ccc(-c2ccc(CO)cc2CCCOC=O)cc1. The molecule has 0 unspecified atom stereocenters. The van der Waals surface area contributed by atoms with Crippen LogP contribution >= 0.6 is 0 Å². The van der Waals surface area contributed by atoms with Crippen molar-refractivity contribution in [2.45, 2.75) is 26.4 Å². The van der Waals surface area contributed by atoms with Gasteiger partial charge in [-0.3, -0.25) is 4.79 Å². The standard InChI is InChI=1S/C18H20O3/c1-14-4-7-16(8-5-14)18-9-6-15(12-19)11-17(18)3-2-10-21-13-20/h4-9,11,13,19H,2-3,10,12H2,1H3. The van der Waals surface area contributed by atoms with E-state index in [1.807, 2.05) is 18.2 Å². The average molecular weight is 284 g/mol. The van der Waals surface area contributed by atoms with Crippen molar-refractivity contribution in [1.29, 1.82) is 0 Å². The molecule has 0 aromatic heterocycles. The van der Waals surface area contributed by atoms with Gasteiger partial charge < -0.3 is 9.84 Å². The van der Waals surface area contributed by atoms with E-state index in [1.165, 1.54) is 16.7 Å². The summed E-state index contributed by atoms with van der Waals surface area (Å²) in [6, 6.07) is 14.4. The van der Waals surface area contributed by atoms with Gasteiger partial charge in [0.05, 0.1) is 13.2 Å². The predicted octanol–water partition coefficient (Wildman–Crippen LogP) is 3.26. The largest absolute Gasteiger partial charge is 0.468 e. The molecule has 2 aromatic carbocycles. The maximum Gasteiger partial charge on any atom is 0.293 e. The maximum absolute atomic E-state index is 10.2. The number of aliphatic hydroxyl groups is 1. The van der Waals surface area contributed by atoms with Crippen LogP contribution in [0, 0.1) is 6.92 Å². The Labute approximate surface area is 125 Å². The highest BCUT2D eigenvalue weighted by atomic mass is 16.5. The van der Waals surface area contributed by atoms with Crippen LogP contribution in [0.3, 0.4) is 0 Å². The second kappa shape index (κ2) is 7.60. The summed E-state index contributed by atoms with van der Waals surface area (Å²) < 4.78 is 4.74. The Kier molecular flexibility index (Phi) is 5.52. The first-order chi connectivity index (χ1) is 10.2. The molecule has 2 rings (SSSR count). The lowest BCUT2D eigenvalue weighted by Gasteiger charge is -2.12. The van der Waals surface area contributed by atoms with E-state index in [0.717, 1.165) is 24.0 Å². The number of hydrogen-bond donors (Lipinski definition) is 1. The fourth-order valence-electron chi connectivity index (χ4n) is 2.36.